The molecule has 8 heteroatoms. The van der Waals surface area contributed by atoms with Crippen LogP contribution in [-0.2, 0) is 11.2 Å². The van der Waals surface area contributed by atoms with Crippen LogP contribution < -0.4 is 15.4 Å². The maximum atomic E-state index is 12.5. The summed E-state index contributed by atoms with van der Waals surface area (Å²) >= 11 is 1.30. The molecule has 2 aromatic carbocycles. The molecule has 0 bridgehead atoms. The molecule has 7 nitrogen and oxygen atoms in total. The largest absolute Gasteiger partial charge is 0.497 e. The third-order valence-electron chi connectivity index (χ3n) is 4.77. The molecule has 1 aromatic heterocycles. The number of nitrogens with one attached hydrogen (secondary N) is 2. The first kappa shape index (κ1) is 22.5. The lowest BCUT2D eigenvalue weighted by Crippen LogP contribution is -2.35. The average molecular weight is 439 g/mol. The molecular formula is C23H26N4O3S. The second-order valence-corrected chi connectivity index (χ2v) is 8.06. The Labute approximate surface area is 186 Å². The Bertz CT molecular complexity index is 1000. The van der Waals surface area contributed by atoms with Crippen LogP contribution in [0.4, 0.5) is 5.13 Å². The predicted molar refractivity (Wildman–Crippen MR) is 123 cm³/mol. The summed E-state index contributed by atoms with van der Waals surface area (Å²) < 4.78 is 5.21. The van der Waals surface area contributed by atoms with Crippen molar-refractivity contribution < 1.29 is 14.3 Å². The molecule has 2 N–H and O–H groups in total. The lowest BCUT2D eigenvalue weighted by atomic mass is 10.1. The Morgan fingerprint density at radius 2 is 1.81 bits per heavy atom. The normalized spacial score (nSPS) is 11.7. The fourth-order valence-electron chi connectivity index (χ4n) is 3.07. The van der Waals surface area contributed by atoms with Crippen LogP contribution >= 0.6 is 11.3 Å². The fourth-order valence-corrected chi connectivity index (χ4v) is 3.77. The number of benzene rings is 2. The second-order valence-electron chi connectivity index (χ2n) is 7.20. The van der Waals surface area contributed by atoms with Gasteiger partial charge in [0.15, 0.2) is 5.13 Å². The van der Waals surface area contributed by atoms with Crippen molar-refractivity contribution in [2.45, 2.75) is 12.5 Å². The van der Waals surface area contributed by atoms with E-state index in [4.69, 9.17) is 4.74 Å². The highest BCUT2D eigenvalue weighted by atomic mass is 32.1. The molecule has 2 amide bonds. The van der Waals surface area contributed by atoms with Crippen molar-refractivity contribution in [1.29, 1.82) is 0 Å². The number of carbonyl (C=O) groups excluding carboxylic acids is 2. The summed E-state index contributed by atoms with van der Waals surface area (Å²) in [7, 11) is 5.59. The SMILES string of the molecule is COc1ccc(C(CNC(=O)Cc2csc(NC(=O)c3ccccc3)n2)N(C)C)cc1. The van der Waals surface area contributed by atoms with Crippen molar-refractivity contribution >= 4 is 28.3 Å². The number of aromatic nitrogens is 1. The Balaban J connectivity index is 1.53. The molecule has 0 aliphatic carbocycles. The van der Waals surface area contributed by atoms with Gasteiger partial charge in [-0.15, -0.1) is 11.3 Å². The van der Waals surface area contributed by atoms with Crippen molar-refractivity contribution in [2.75, 3.05) is 33.1 Å². The van der Waals surface area contributed by atoms with Gasteiger partial charge in [-0.2, -0.15) is 0 Å². The molecule has 162 valence electrons. The minimum absolute atomic E-state index is 0.0333. The standard InChI is InChI=1S/C23H26N4O3S/c1-27(2)20(16-9-11-19(30-3)12-10-16)14-24-21(28)13-18-15-31-23(25-18)26-22(29)17-7-5-4-6-8-17/h4-12,15,20H,13-14H2,1-3H3,(H,24,28)(H,25,26,29). The molecular weight excluding hydrogens is 412 g/mol. The van der Waals surface area contributed by atoms with E-state index in [0.717, 1.165) is 11.3 Å². The minimum atomic E-state index is -0.223. The molecule has 0 aliphatic rings. The van der Waals surface area contributed by atoms with E-state index in [-0.39, 0.29) is 24.3 Å². The number of hydrogen-bond donors (Lipinski definition) is 2. The number of amides is 2. The summed E-state index contributed by atoms with van der Waals surface area (Å²) in [4.78, 5) is 31.1. The number of nitrogens with zero attached hydrogens (tertiary/aromatic N) is 2. The van der Waals surface area contributed by atoms with Gasteiger partial charge in [-0.05, 0) is 43.9 Å². The lowest BCUT2D eigenvalue weighted by molar-refractivity contribution is -0.120. The second kappa shape index (κ2) is 10.7. The van der Waals surface area contributed by atoms with Gasteiger partial charge in [0.1, 0.15) is 5.75 Å². The van der Waals surface area contributed by atoms with Gasteiger partial charge in [0.25, 0.3) is 5.91 Å². The van der Waals surface area contributed by atoms with E-state index < -0.39 is 0 Å². The van der Waals surface area contributed by atoms with Crippen molar-refractivity contribution in [3.63, 3.8) is 0 Å². The predicted octanol–water partition coefficient (Wildman–Crippen LogP) is 3.37. The third kappa shape index (κ3) is 6.37. The third-order valence-corrected chi connectivity index (χ3v) is 5.57. The van der Waals surface area contributed by atoms with Crippen LogP contribution in [0.2, 0.25) is 0 Å². The molecule has 3 rings (SSSR count). The van der Waals surface area contributed by atoms with Crippen molar-refractivity contribution in [1.82, 2.24) is 15.2 Å². The number of methoxy groups -OCH3 is 1. The number of likely N-dealkylation sites (N-methyl/N-ethyl adjacent to an activating group) is 1. The van der Waals surface area contributed by atoms with Crippen LogP contribution in [0.5, 0.6) is 5.75 Å². The molecule has 1 unspecified atom stereocenters. The molecule has 1 heterocycles. The molecule has 0 saturated heterocycles. The first-order valence-corrected chi connectivity index (χ1v) is 10.7. The Hall–Kier alpha value is -3.23. The van der Waals surface area contributed by atoms with E-state index in [1.165, 1.54) is 11.3 Å². The zero-order chi connectivity index (χ0) is 22.2. The number of anilines is 1. The molecule has 0 aliphatic heterocycles. The van der Waals surface area contributed by atoms with Crippen LogP contribution in [0.25, 0.3) is 0 Å². The van der Waals surface area contributed by atoms with Gasteiger partial charge >= 0.3 is 0 Å². The molecule has 1 atom stereocenters. The highest BCUT2D eigenvalue weighted by Crippen LogP contribution is 2.21. The van der Waals surface area contributed by atoms with Crippen LogP contribution in [0.1, 0.15) is 27.7 Å². The maximum Gasteiger partial charge on any atom is 0.257 e. The molecule has 0 fully saturated rings. The first-order chi connectivity index (χ1) is 15.0. The number of ether oxygens (including phenoxy) is 1. The quantitative estimate of drug-likeness (QED) is 0.535. The zero-order valence-electron chi connectivity index (χ0n) is 17.8. The summed E-state index contributed by atoms with van der Waals surface area (Å²) in [5, 5.41) is 8.01. The van der Waals surface area contributed by atoms with Crippen LogP contribution in [0.15, 0.2) is 60.0 Å². The highest BCUT2D eigenvalue weighted by molar-refractivity contribution is 7.14. The molecule has 0 spiro atoms. The summed E-state index contributed by atoms with van der Waals surface area (Å²) in [6.07, 6.45) is 0.153. The number of rotatable bonds is 9. The van der Waals surface area contributed by atoms with Gasteiger partial charge < -0.3 is 15.0 Å². The van der Waals surface area contributed by atoms with E-state index in [9.17, 15) is 9.59 Å². The van der Waals surface area contributed by atoms with Crippen LogP contribution in [0.3, 0.4) is 0 Å². The van der Waals surface area contributed by atoms with Crippen LogP contribution in [0, 0.1) is 0 Å². The molecule has 0 radical (unpaired) electrons. The summed E-state index contributed by atoms with van der Waals surface area (Å²) in [5.41, 5.74) is 2.27. The van der Waals surface area contributed by atoms with Crippen molar-refractivity contribution in [2.24, 2.45) is 0 Å². The van der Waals surface area contributed by atoms with E-state index in [1.807, 2.05) is 44.4 Å². The van der Waals surface area contributed by atoms with Crippen molar-refractivity contribution in [3.8, 4) is 5.75 Å². The van der Waals surface area contributed by atoms with Gasteiger partial charge in [0.05, 0.1) is 25.3 Å². The zero-order valence-corrected chi connectivity index (χ0v) is 18.6. The monoisotopic (exact) mass is 438 g/mol. The fraction of sp³-hybridized carbons (Fsp3) is 0.261. The van der Waals surface area contributed by atoms with Gasteiger partial charge in [-0.1, -0.05) is 30.3 Å². The lowest BCUT2D eigenvalue weighted by Gasteiger charge is -2.25. The van der Waals surface area contributed by atoms with Crippen molar-refractivity contribution in [3.05, 3.63) is 76.8 Å². The summed E-state index contributed by atoms with van der Waals surface area (Å²) in [6.45, 7) is 0.472. The van der Waals surface area contributed by atoms with E-state index in [1.54, 1.807) is 36.8 Å². The number of hydrogen-bond acceptors (Lipinski definition) is 6. The van der Waals surface area contributed by atoms with Gasteiger partial charge in [0.2, 0.25) is 5.91 Å². The average Bonchev–Trinajstić information content (AvgIpc) is 3.21. The molecule has 0 saturated carbocycles. The molecule has 31 heavy (non-hydrogen) atoms. The number of thiazole rings is 1. The maximum absolute atomic E-state index is 12.5. The first-order valence-electron chi connectivity index (χ1n) is 9.84. The smallest absolute Gasteiger partial charge is 0.257 e. The Morgan fingerprint density at radius 3 is 2.45 bits per heavy atom. The van der Waals surface area contributed by atoms with Crippen LogP contribution in [-0.4, -0.2) is 49.4 Å². The summed E-state index contributed by atoms with van der Waals surface area (Å²) in [5.74, 6) is 0.454. The number of carbonyl (C=O) groups is 2. The van der Waals surface area contributed by atoms with E-state index in [0.29, 0.717) is 22.9 Å². The minimum Gasteiger partial charge on any atom is -0.497 e. The van der Waals surface area contributed by atoms with E-state index in [2.05, 4.69) is 20.5 Å². The Kier molecular flexibility index (Phi) is 7.75. The Morgan fingerprint density at radius 1 is 1.10 bits per heavy atom. The molecule has 3 aromatic rings. The van der Waals surface area contributed by atoms with Gasteiger partial charge in [-0.3, -0.25) is 14.9 Å². The summed E-state index contributed by atoms with van der Waals surface area (Å²) in [6, 6.07) is 16.8. The topological polar surface area (TPSA) is 83.6 Å². The highest BCUT2D eigenvalue weighted by Gasteiger charge is 2.16. The van der Waals surface area contributed by atoms with E-state index >= 15 is 0 Å². The van der Waals surface area contributed by atoms with Gasteiger partial charge in [0, 0.05) is 17.5 Å². The van der Waals surface area contributed by atoms with Gasteiger partial charge in [-0.25, -0.2) is 4.98 Å².